The van der Waals surface area contributed by atoms with Crippen LogP contribution in [0.25, 0.3) is 10.2 Å². The number of sulfonamides is 2. The van der Waals surface area contributed by atoms with Gasteiger partial charge in [0.1, 0.15) is 0 Å². The topological polar surface area (TPSA) is 132 Å². The zero-order valence-corrected chi connectivity index (χ0v) is 23.0. The van der Waals surface area contributed by atoms with Gasteiger partial charge >= 0.3 is 0 Å². The predicted molar refractivity (Wildman–Crippen MR) is 147 cm³/mol. The van der Waals surface area contributed by atoms with Crippen molar-refractivity contribution < 1.29 is 21.6 Å². The van der Waals surface area contributed by atoms with Crippen LogP contribution in [0.15, 0.2) is 81.5 Å². The van der Waals surface area contributed by atoms with E-state index in [0.717, 1.165) is 30.3 Å². The van der Waals surface area contributed by atoms with Crippen LogP contribution in [0, 0.1) is 0 Å². The van der Waals surface area contributed by atoms with Crippen LogP contribution in [0.3, 0.4) is 0 Å². The Hall–Kier alpha value is -3.32. The molecular weight excluding hydrogens is 545 g/mol. The maximum Gasteiger partial charge on any atom is 0.279 e. The Morgan fingerprint density at radius 1 is 1.00 bits per heavy atom. The van der Waals surface area contributed by atoms with Gasteiger partial charge < -0.3 is 4.57 Å². The number of thiazole rings is 1. The monoisotopic (exact) mass is 570 g/mol. The third-order valence-electron chi connectivity index (χ3n) is 6.38. The van der Waals surface area contributed by atoms with Crippen LogP contribution in [0.5, 0.6) is 0 Å². The average Bonchev–Trinajstić information content (AvgIpc) is 3.24. The molecule has 1 aliphatic heterocycles. The number of primary sulfonamides is 1. The Kier molecular flexibility index (Phi) is 6.99. The van der Waals surface area contributed by atoms with Crippen molar-refractivity contribution in [3.8, 4) is 0 Å². The molecule has 38 heavy (non-hydrogen) atoms. The number of nitrogens with two attached hydrogens (primary N) is 1. The number of anilines is 1. The molecule has 2 N–H and O–H groups in total. The molecule has 198 valence electrons. The van der Waals surface area contributed by atoms with Gasteiger partial charge in [0.05, 0.1) is 25.7 Å². The average molecular weight is 571 g/mol. The number of hydrogen-bond acceptors (Lipinski definition) is 6. The summed E-state index contributed by atoms with van der Waals surface area (Å²) in [5.41, 5.74) is 2.67. The Morgan fingerprint density at radius 3 is 2.42 bits per heavy atom. The van der Waals surface area contributed by atoms with Crippen LogP contribution in [-0.2, 0) is 33.0 Å². The van der Waals surface area contributed by atoms with Crippen LogP contribution in [0.4, 0.5) is 5.69 Å². The number of rotatable bonds is 6. The van der Waals surface area contributed by atoms with Gasteiger partial charge in [0.25, 0.3) is 15.9 Å². The first kappa shape index (κ1) is 26.3. The molecule has 0 aliphatic carbocycles. The fourth-order valence-electron chi connectivity index (χ4n) is 4.55. The van der Waals surface area contributed by atoms with Crippen LogP contribution >= 0.6 is 11.3 Å². The first-order valence-electron chi connectivity index (χ1n) is 12.1. The van der Waals surface area contributed by atoms with E-state index in [9.17, 15) is 21.6 Å². The number of benzene rings is 3. The quantitative estimate of drug-likeness (QED) is 0.378. The molecule has 3 aromatic carbocycles. The lowest BCUT2D eigenvalue weighted by molar-refractivity contribution is 0.0997. The molecule has 1 amide bonds. The molecule has 0 unspecified atom stereocenters. The van der Waals surface area contributed by atoms with Gasteiger partial charge in [-0.25, -0.2) is 22.0 Å². The van der Waals surface area contributed by atoms with E-state index in [1.807, 2.05) is 35.8 Å². The first-order chi connectivity index (χ1) is 18.1. The number of amides is 1. The summed E-state index contributed by atoms with van der Waals surface area (Å²) >= 11 is 1.19. The van der Waals surface area contributed by atoms with Crippen molar-refractivity contribution in [3.63, 3.8) is 0 Å². The minimum Gasteiger partial charge on any atom is -0.316 e. The van der Waals surface area contributed by atoms with Gasteiger partial charge in [-0.05, 0) is 73.4 Å². The highest BCUT2D eigenvalue weighted by molar-refractivity contribution is 7.92. The second-order valence-electron chi connectivity index (χ2n) is 8.96. The standard InChI is InChI=1S/C26H26N4O5S3/c1-2-15-29-23-14-13-21(37(27,32)33)17-24(23)36-26(29)28-25(31)19-9-11-20(12-10-19)38(34,35)30-16-5-7-18-6-3-4-8-22(18)30/h3-4,6,8-14,17H,2,5,7,15-16H2,1H3,(H2,27,32,33). The third kappa shape index (κ3) is 4.92. The molecule has 1 aromatic heterocycles. The molecule has 9 nitrogen and oxygen atoms in total. The molecule has 0 fully saturated rings. The molecule has 5 rings (SSSR count). The van der Waals surface area contributed by atoms with Crippen LogP contribution in [-0.4, -0.2) is 33.9 Å². The molecule has 0 spiro atoms. The SMILES string of the molecule is CCCn1c(=NC(=O)c2ccc(S(=O)(=O)N3CCCc4ccccc43)cc2)sc2cc(S(N)(=O)=O)ccc21. The minimum atomic E-state index is -3.87. The highest BCUT2D eigenvalue weighted by Crippen LogP contribution is 2.32. The summed E-state index contributed by atoms with van der Waals surface area (Å²) in [5.74, 6) is -0.527. The number of carbonyl (C=O) groups is 1. The van der Waals surface area contributed by atoms with Crippen molar-refractivity contribution >= 4 is 53.2 Å². The molecule has 1 aliphatic rings. The lowest BCUT2D eigenvalue weighted by Crippen LogP contribution is -2.35. The summed E-state index contributed by atoms with van der Waals surface area (Å²) in [4.78, 5) is 17.8. The highest BCUT2D eigenvalue weighted by Gasteiger charge is 2.29. The van der Waals surface area contributed by atoms with Gasteiger partial charge in [0.2, 0.25) is 10.0 Å². The fraction of sp³-hybridized carbons (Fsp3) is 0.231. The van der Waals surface area contributed by atoms with Crippen molar-refractivity contribution in [2.45, 2.75) is 42.5 Å². The normalized spacial score (nSPS) is 14.6. The minimum absolute atomic E-state index is 0.0131. The van der Waals surface area contributed by atoms with Gasteiger partial charge in [0.15, 0.2) is 4.80 Å². The second kappa shape index (κ2) is 10.1. The molecule has 0 saturated carbocycles. The van der Waals surface area contributed by atoms with E-state index < -0.39 is 26.0 Å². The predicted octanol–water partition coefficient (Wildman–Crippen LogP) is 3.64. The number of para-hydroxylation sites is 1. The number of fused-ring (bicyclic) bond motifs is 2. The van der Waals surface area contributed by atoms with E-state index >= 15 is 0 Å². The lowest BCUT2D eigenvalue weighted by atomic mass is 10.0. The van der Waals surface area contributed by atoms with Crippen molar-refractivity contribution in [1.29, 1.82) is 0 Å². The van der Waals surface area contributed by atoms with E-state index in [4.69, 9.17) is 5.14 Å². The van der Waals surface area contributed by atoms with Gasteiger partial charge in [-0.2, -0.15) is 4.99 Å². The second-order valence-corrected chi connectivity index (χ2v) is 13.4. The molecule has 4 aromatic rings. The smallest absolute Gasteiger partial charge is 0.279 e. The molecule has 0 bridgehead atoms. The van der Waals surface area contributed by atoms with E-state index in [1.165, 1.54) is 52.0 Å². The number of carbonyl (C=O) groups excluding carboxylic acids is 1. The van der Waals surface area contributed by atoms with Gasteiger partial charge in [-0.15, -0.1) is 0 Å². The van der Waals surface area contributed by atoms with Crippen molar-refractivity contribution in [2.75, 3.05) is 10.8 Å². The van der Waals surface area contributed by atoms with E-state index in [-0.39, 0.29) is 15.4 Å². The number of aromatic nitrogens is 1. The Labute approximate surface area is 225 Å². The summed E-state index contributed by atoms with van der Waals surface area (Å²) in [7, 11) is -7.66. The van der Waals surface area contributed by atoms with Gasteiger partial charge in [0, 0.05) is 18.7 Å². The zero-order chi connectivity index (χ0) is 27.1. The highest BCUT2D eigenvalue weighted by atomic mass is 32.2. The summed E-state index contributed by atoms with van der Waals surface area (Å²) in [6.07, 6.45) is 2.34. The summed E-state index contributed by atoms with van der Waals surface area (Å²) in [6.45, 7) is 2.96. The Bertz CT molecular complexity index is 1820. The number of hydrogen-bond donors (Lipinski definition) is 1. The van der Waals surface area contributed by atoms with Gasteiger partial charge in [-0.1, -0.05) is 36.5 Å². The largest absolute Gasteiger partial charge is 0.316 e. The third-order valence-corrected chi connectivity index (χ3v) is 10.2. The first-order valence-corrected chi connectivity index (χ1v) is 15.9. The van der Waals surface area contributed by atoms with E-state index in [0.29, 0.717) is 28.3 Å². The molecular formula is C26H26N4O5S3. The Morgan fingerprint density at radius 2 is 1.71 bits per heavy atom. The summed E-state index contributed by atoms with van der Waals surface area (Å²) in [6, 6.07) is 17.8. The summed E-state index contributed by atoms with van der Waals surface area (Å²) < 4.78 is 54.3. The maximum atomic E-state index is 13.4. The van der Waals surface area contributed by atoms with E-state index in [1.54, 1.807) is 6.07 Å². The number of nitrogens with zero attached hydrogens (tertiary/aromatic N) is 3. The van der Waals surface area contributed by atoms with Crippen LogP contribution in [0.2, 0.25) is 0 Å². The summed E-state index contributed by atoms with van der Waals surface area (Å²) in [5, 5.41) is 5.27. The van der Waals surface area contributed by atoms with E-state index in [2.05, 4.69) is 4.99 Å². The fourth-order valence-corrected chi connectivity index (χ4v) is 7.80. The molecule has 0 radical (unpaired) electrons. The van der Waals surface area contributed by atoms with Crippen LogP contribution < -0.4 is 14.2 Å². The molecule has 0 saturated heterocycles. The van der Waals surface area contributed by atoms with Crippen molar-refractivity contribution in [2.24, 2.45) is 10.1 Å². The maximum absolute atomic E-state index is 13.4. The molecule has 12 heteroatoms. The molecule has 0 atom stereocenters. The Balaban J connectivity index is 1.48. The van der Waals surface area contributed by atoms with Crippen molar-refractivity contribution in [3.05, 3.63) is 82.7 Å². The number of aryl methyl sites for hydroxylation is 2. The van der Waals surface area contributed by atoms with Crippen molar-refractivity contribution in [1.82, 2.24) is 4.57 Å². The lowest BCUT2D eigenvalue weighted by Gasteiger charge is -2.30. The zero-order valence-electron chi connectivity index (χ0n) is 20.6. The van der Waals surface area contributed by atoms with Gasteiger partial charge in [-0.3, -0.25) is 9.10 Å². The van der Waals surface area contributed by atoms with Crippen LogP contribution in [0.1, 0.15) is 35.7 Å². The molecule has 2 heterocycles.